The molecule has 0 aliphatic rings. The predicted molar refractivity (Wildman–Crippen MR) is 131 cm³/mol. The quantitative estimate of drug-likeness (QED) is 0.133. The van der Waals surface area contributed by atoms with E-state index in [2.05, 4.69) is 74.6 Å². The summed E-state index contributed by atoms with van der Waals surface area (Å²) in [6.07, 6.45) is 30.2. The van der Waals surface area contributed by atoms with Crippen LogP contribution in [-0.2, 0) is 14.3 Å². The number of hydrogen-bond donors (Lipinski definition) is 1. The van der Waals surface area contributed by atoms with Crippen LogP contribution >= 0.6 is 0 Å². The summed E-state index contributed by atoms with van der Waals surface area (Å²) in [4.78, 5) is 11.7. The number of unbranched alkanes of at least 4 members (excludes halogenated alkanes) is 2. The van der Waals surface area contributed by atoms with Crippen LogP contribution in [0, 0.1) is 0 Å². The molecule has 0 bridgehead atoms. The highest BCUT2D eigenvalue weighted by atomic mass is 16.6. The molecule has 0 aromatic heterocycles. The molecule has 0 aromatic carbocycles. The Morgan fingerprint density at radius 3 is 1.87 bits per heavy atom. The van der Waals surface area contributed by atoms with Gasteiger partial charge in [0.05, 0.1) is 19.8 Å². The lowest BCUT2D eigenvalue weighted by Gasteiger charge is -2.15. The Labute approximate surface area is 190 Å². The largest absolute Gasteiger partial charge is 0.457 e. The van der Waals surface area contributed by atoms with Crippen molar-refractivity contribution in [3.05, 3.63) is 60.8 Å². The first-order chi connectivity index (χ1) is 15.2. The maximum atomic E-state index is 11.7. The van der Waals surface area contributed by atoms with E-state index in [0.717, 1.165) is 57.8 Å². The second-order valence-corrected chi connectivity index (χ2v) is 7.32. The third-order valence-corrected chi connectivity index (χ3v) is 4.38. The molecule has 0 fully saturated rings. The van der Waals surface area contributed by atoms with Crippen molar-refractivity contribution in [3.63, 3.8) is 0 Å². The summed E-state index contributed by atoms with van der Waals surface area (Å²) >= 11 is 0. The summed E-state index contributed by atoms with van der Waals surface area (Å²) in [5.41, 5.74) is 0. The third kappa shape index (κ3) is 22.6. The molecule has 0 aromatic rings. The number of allylic oxidation sites excluding steroid dienone is 9. The molecule has 0 aliphatic carbocycles. The van der Waals surface area contributed by atoms with Gasteiger partial charge in [0.2, 0.25) is 0 Å². The molecule has 0 rings (SSSR count). The fourth-order valence-corrected chi connectivity index (χ4v) is 2.62. The molecule has 0 aliphatic heterocycles. The molecule has 4 nitrogen and oxygen atoms in total. The molecule has 0 amide bonds. The van der Waals surface area contributed by atoms with E-state index in [1.807, 2.05) is 0 Å². The summed E-state index contributed by atoms with van der Waals surface area (Å²) < 4.78 is 10.7. The average Bonchev–Trinajstić information content (AvgIpc) is 2.77. The molecule has 0 saturated heterocycles. The Hall–Kier alpha value is -1.91. The van der Waals surface area contributed by atoms with Crippen molar-refractivity contribution < 1.29 is 19.4 Å². The molecular formula is C27H44O4. The second kappa shape index (κ2) is 24.4. The van der Waals surface area contributed by atoms with Gasteiger partial charge in [-0.15, -0.1) is 0 Å². The maximum Gasteiger partial charge on any atom is 0.306 e. The summed E-state index contributed by atoms with van der Waals surface area (Å²) in [5, 5.41) is 9.30. The van der Waals surface area contributed by atoms with E-state index in [9.17, 15) is 9.90 Å². The molecule has 176 valence electrons. The molecule has 0 radical (unpaired) electrons. The predicted octanol–water partition coefficient (Wildman–Crippen LogP) is 6.63. The third-order valence-electron chi connectivity index (χ3n) is 4.38. The van der Waals surface area contributed by atoms with Gasteiger partial charge < -0.3 is 14.6 Å². The molecule has 1 unspecified atom stereocenters. The van der Waals surface area contributed by atoms with Gasteiger partial charge in [-0.05, 0) is 44.9 Å². The molecule has 0 heterocycles. The minimum atomic E-state index is -0.567. The Bertz CT molecular complexity index is 543. The van der Waals surface area contributed by atoms with Gasteiger partial charge in [-0.2, -0.15) is 0 Å². The van der Waals surface area contributed by atoms with Crippen LogP contribution in [0.1, 0.15) is 78.1 Å². The van der Waals surface area contributed by atoms with Gasteiger partial charge in [0.15, 0.2) is 0 Å². The zero-order valence-corrected chi connectivity index (χ0v) is 19.7. The van der Waals surface area contributed by atoms with Crippen molar-refractivity contribution in [1.29, 1.82) is 0 Å². The minimum Gasteiger partial charge on any atom is -0.457 e. The summed E-state index contributed by atoms with van der Waals surface area (Å²) in [7, 11) is 0. The number of aliphatic hydroxyl groups excluding tert-OH is 1. The van der Waals surface area contributed by atoms with Crippen molar-refractivity contribution in [1.82, 2.24) is 0 Å². The molecule has 0 spiro atoms. The zero-order valence-electron chi connectivity index (χ0n) is 19.7. The highest BCUT2D eigenvalue weighted by Crippen LogP contribution is 2.04. The molecule has 4 heteroatoms. The molecular weight excluding hydrogens is 388 g/mol. The first-order valence-electron chi connectivity index (χ1n) is 11.9. The summed E-state index contributed by atoms with van der Waals surface area (Å²) in [6.45, 7) is 4.82. The van der Waals surface area contributed by atoms with Crippen LogP contribution in [0.3, 0.4) is 0 Å². The van der Waals surface area contributed by atoms with Gasteiger partial charge in [0, 0.05) is 6.42 Å². The monoisotopic (exact) mass is 432 g/mol. The normalized spacial score (nSPS) is 13.5. The maximum absolute atomic E-state index is 11.7. The fourth-order valence-electron chi connectivity index (χ4n) is 2.62. The number of rotatable bonds is 20. The lowest BCUT2D eigenvalue weighted by Crippen LogP contribution is -2.27. The van der Waals surface area contributed by atoms with Gasteiger partial charge in [-0.1, -0.05) is 87.4 Å². The van der Waals surface area contributed by atoms with Crippen LogP contribution in [0.2, 0.25) is 0 Å². The Morgan fingerprint density at radius 2 is 1.35 bits per heavy atom. The highest BCUT2D eigenvalue weighted by molar-refractivity contribution is 5.69. The number of ether oxygens (including phenoxy) is 2. The van der Waals surface area contributed by atoms with E-state index in [4.69, 9.17) is 9.47 Å². The number of esters is 1. The first-order valence-corrected chi connectivity index (χ1v) is 11.9. The Balaban J connectivity index is 3.65. The highest BCUT2D eigenvalue weighted by Gasteiger charge is 2.13. The van der Waals surface area contributed by atoms with Gasteiger partial charge in [-0.25, -0.2) is 0 Å². The van der Waals surface area contributed by atoms with Crippen LogP contribution in [0.25, 0.3) is 0 Å². The molecule has 31 heavy (non-hydrogen) atoms. The van der Waals surface area contributed by atoms with Crippen LogP contribution in [-0.4, -0.2) is 37.0 Å². The van der Waals surface area contributed by atoms with Gasteiger partial charge in [0.25, 0.3) is 0 Å². The van der Waals surface area contributed by atoms with Gasteiger partial charge >= 0.3 is 5.97 Å². The fraction of sp³-hybridized carbons (Fsp3) is 0.593. The lowest BCUT2D eigenvalue weighted by molar-refractivity contribution is -0.154. The molecule has 1 N–H and O–H groups in total. The van der Waals surface area contributed by atoms with Crippen LogP contribution in [0.4, 0.5) is 0 Å². The minimum absolute atomic E-state index is 0.207. The number of carbonyl (C=O) groups is 1. The van der Waals surface area contributed by atoms with Crippen LogP contribution < -0.4 is 0 Å². The summed E-state index contributed by atoms with van der Waals surface area (Å²) in [6, 6.07) is 0. The summed E-state index contributed by atoms with van der Waals surface area (Å²) in [5.74, 6) is -0.256. The van der Waals surface area contributed by atoms with E-state index in [1.54, 1.807) is 0 Å². The number of carbonyl (C=O) groups excluding carboxylic acids is 1. The van der Waals surface area contributed by atoms with E-state index < -0.39 is 6.10 Å². The average molecular weight is 433 g/mol. The molecule has 1 atom stereocenters. The van der Waals surface area contributed by atoms with Crippen molar-refractivity contribution in [3.8, 4) is 0 Å². The van der Waals surface area contributed by atoms with Crippen LogP contribution in [0.5, 0.6) is 0 Å². The smallest absolute Gasteiger partial charge is 0.306 e. The van der Waals surface area contributed by atoms with Crippen molar-refractivity contribution in [2.75, 3.05) is 19.8 Å². The molecule has 0 saturated carbocycles. The van der Waals surface area contributed by atoms with Crippen molar-refractivity contribution in [2.24, 2.45) is 0 Å². The standard InChI is InChI=1S/C27H44O4/c1-3-5-7-8-9-10-11-12-13-14-15-16-17-18-19-21-23-30-25-26(24-28)31-27(29)22-20-6-4-2/h5,7,9-10,12-13,15-16,18-19,26,28H,3-4,6,8,11,14,17,20-25H2,1-2H3/b7-5-,10-9-,13-12-,16-15-,19-18-. The second-order valence-electron chi connectivity index (χ2n) is 7.32. The van der Waals surface area contributed by atoms with Crippen LogP contribution in [0.15, 0.2) is 60.8 Å². The van der Waals surface area contributed by atoms with E-state index >= 15 is 0 Å². The first kappa shape index (κ1) is 29.1. The topological polar surface area (TPSA) is 55.8 Å². The Kier molecular flexibility index (Phi) is 22.9. The van der Waals surface area contributed by atoms with Gasteiger partial charge in [-0.3, -0.25) is 4.79 Å². The van der Waals surface area contributed by atoms with Crippen molar-refractivity contribution >= 4 is 5.97 Å². The van der Waals surface area contributed by atoms with Gasteiger partial charge in [0.1, 0.15) is 6.10 Å². The van der Waals surface area contributed by atoms with E-state index in [1.165, 1.54) is 0 Å². The van der Waals surface area contributed by atoms with Crippen molar-refractivity contribution in [2.45, 2.75) is 84.2 Å². The van der Waals surface area contributed by atoms with E-state index in [-0.39, 0.29) is 19.2 Å². The Morgan fingerprint density at radius 1 is 0.806 bits per heavy atom. The number of hydrogen-bond acceptors (Lipinski definition) is 4. The zero-order chi connectivity index (χ0) is 22.8. The lowest BCUT2D eigenvalue weighted by atomic mass is 10.2. The van der Waals surface area contributed by atoms with E-state index in [0.29, 0.717) is 13.0 Å². The SMILES string of the molecule is CC/C=C\C/C=C\C/C=C\C/C=C\C/C=C\CCOCC(CO)OC(=O)CCCCC. The number of aliphatic hydroxyl groups is 1.